The molecule has 0 spiro atoms. The van der Waals surface area contributed by atoms with Crippen LogP contribution in [0.2, 0.25) is 0 Å². The minimum absolute atomic E-state index is 0.839. The molecule has 128 valence electrons. The summed E-state index contributed by atoms with van der Waals surface area (Å²) in [5, 5.41) is 3.46. The summed E-state index contributed by atoms with van der Waals surface area (Å²) in [7, 11) is 4.15. The van der Waals surface area contributed by atoms with E-state index in [9.17, 15) is 0 Å². The van der Waals surface area contributed by atoms with Crippen LogP contribution in [-0.4, -0.2) is 51.8 Å². The first-order valence-electron chi connectivity index (χ1n) is 9.20. The molecule has 1 N–H and O–H groups in total. The average Bonchev–Trinajstić information content (AvgIpc) is 2.46. The fraction of sp³-hybridized carbons (Fsp3) is 1.00. The lowest BCUT2D eigenvalue weighted by atomic mass is 10.1. The molecule has 0 bridgehead atoms. The van der Waals surface area contributed by atoms with Gasteiger partial charge in [-0.15, -0.1) is 0 Å². The standard InChI is InChI=1S/C18H40N2O/c1-4-5-6-7-8-9-10-11-12-13-14-19-15-17-21-18-16-20(2)3/h19H,4-18H2,1-3H3. The molecule has 0 atom stereocenters. The van der Waals surface area contributed by atoms with Crippen molar-refractivity contribution in [1.82, 2.24) is 10.2 Å². The Bertz CT molecular complexity index is 186. The third kappa shape index (κ3) is 19.9. The molecule has 3 heteroatoms. The number of hydrogen-bond acceptors (Lipinski definition) is 3. The summed E-state index contributed by atoms with van der Waals surface area (Å²) in [5.41, 5.74) is 0. The van der Waals surface area contributed by atoms with Crippen molar-refractivity contribution in [1.29, 1.82) is 0 Å². The van der Waals surface area contributed by atoms with E-state index in [4.69, 9.17) is 4.74 Å². The lowest BCUT2D eigenvalue weighted by Crippen LogP contribution is -2.23. The van der Waals surface area contributed by atoms with Gasteiger partial charge in [0.05, 0.1) is 13.2 Å². The van der Waals surface area contributed by atoms with Crippen molar-refractivity contribution in [3.63, 3.8) is 0 Å². The van der Waals surface area contributed by atoms with Crippen LogP contribution in [0.3, 0.4) is 0 Å². The second-order valence-corrected chi connectivity index (χ2v) is 6.35. The highest BCUT2D eigenvalue weighted by Crippen LogP contribution is 2.10. The molecular weight excluding hydrogens is 260 g/mol. The van der Waals surface area contributed by atoms with Crippen molar-refractivity contribution in [2.24, 2.45) is 0 Å². The fourth-order valence-corrected chi connectivity index (χ4v) is 2.36. The predicted molar refractivity (Wildman–Crippen MR) is 94.1 cm³/mol. The molecule has 3 nitrogen and oxygen atoms in total. The minimum Gasteiger partial charge on any atom is -0.379 e. The zero-order chi connectivity index (χ0) is 15.6. The maximum atomic E-state index is 5.54. The quantitative estimate of drug-likeness (QED) is 0.410. The van der Waals surface area contributed by atoms with Crippen molar-refractivity contribution < 1.29 is 4.74 Å². The van der Waals surface area contributed by atoms with Gasteiger partial charge in [-0.05, 0) is 27.1 Å². The summed E-state index contributed by atoms with van der Waals surface area (Å²) in [6.07, 6.45) is 14.1. The summed E-state index contributed by atoms with van der Waals surface area (Å²) in [6.45, 7) is 7.11. The molecule has 0 saturated carbocycles. The largest absolute Gasteiger partial charge is 0.379 e. The lowest BCUT2D eigenvalue weighted by Gasteiger charge is -2.10. The van der Waals surface area contributed by atoms with E-state index < -0.39 is 0 Å². The van der Waals surface area contributed by atoms with E-state index >= 15 is 0 Å². The van der Waals surface area contributed by atoms with Gasteiger partial charge in [-0.1, -0.05) is 64.7 Å². The molecule has 21 heavy (non-hydrogen) atoms. The molecule has 0 radical (unpaired) electrons. The van der Waals surface area contributed by atoms with E-state index in [1.165, 1.54) is 64.2 Å². The molecule has 0 aromatic carbocycles. The zero-order valence-corrected chi connectivity index (χ0v) is 15.0. The Labute approximate surface area is 133 Å². The van der Waals surface area contributed by atoms with E-state index in [2.05, 4.69) is 31.2 Å². The van der Waals surface area contributed by atoms with Crippen LogP contribution in [-0.2, 0) is 4.74 Å². The van der Waals surface area contributed by atoms with Crippen molar-refractivity contribution >= 4 is 0 Å². The molecule has 0 aliphatic rings. The number of nitrogens with one attached hydrogen (secondary N) is 1. The van der Waals surface area contributed by atoms with E-state index in [-0.39, 0.29) is 0 Å². The van der Waals surface area contributed by atoms with Crippen LogP contribution in [0.15, 0.2) is 0 Å². The van der Waals surface area contributed by atoms with Gasteiger partial charge in [0.25, 0.3) is 0 Å². The summed E-state index contributed by atoms with van der Waals surface area (Å²) in [5.74, 6) is 0. The molecule has 0 aromatic rings. The van der Waals surface area contributed by atoms with Gasteiger partial charge in [0.1, 0.15) is 0 Å². The number of hydrogen-bond donors (Lipinski definition) is 1. The summed E-state index contributed by atoms with van der Waals surface area (Å²) < 4.78 is 5.54. The molecule has 0 amide bonds. The van der Waals surface area contributed by atoms with Crippen molar-refractivity contribution in [2.75, 3.05) is 46.9 Å². The first-order chi connectivity index (χ1) is 10.3. The molecule has 0 heterocycles. The number of ether oxygens (including phenoxy) is 1. The number of rotatable bonds is 17. The summed E-state index contributed by atoms with van der Waals surface area (Å²) in [4.78, 5) is 2.15. The second-order valence-electron chi connectivity index (χ2n) is 6.35. The monoisotopic (exact) mass is 300 g/mol. The highest BCUT2D eigenvalue weighted by Gasteiger charge is 1.94. The highest BCUT2D eigenvalue weighted by atomic mass is 16.5. The summed E-state index contributed by atoms with van der Waals surface area (Å²) in [6, 6.07) is 0. The molecule has 0 aromatic heterocycles. The van der Waals surface area contributed by atoms with E-state index in [1.807, 2.05) is 0 Å². The Hall–Kier alpha value is -0.120. The lowest BCUT2D eigenvalue weighted by molar-refractivity contribution is 0.119. The van der Waals surface area contributed by atoms with Gasteiger partial charge in [0.15, 0.2) is 0 Å². The fourth-order valence-electron chi connectivity index (χ4n) is 2.36. The molecule has 0 unspecified atom stereocenters. The third-order valence-electron chi connectivity index (χ3n) is 3.81. The Morgan fingerprint density at radius 2 is 1.29 bits per heavy atom. The van der Waals surface area contributed by atoms with Gasteiger partial charge in [0.2, 0.25) is 0 Å². The van der Waals surface area contributed by atoms with Crippen LogP contribution < -0.4 is 5.32 Å². The highest BCUT2D eigenvalue weighted by molar-refractivity contribution is 4.51. The van der Waals surface area contributed by atoms with Crippen LogP contribution in [0.25, 0.3) is 0 Å². The van der Waals surface area contributed by atoms with Crippen LogP contribution in [0.1, 0.15) is 71.1 Å². The normalized spacial score (nSPS) is 11.4. The first-order valence-corrected chi connectivity index (χ1v) is 9.20. The molecule has 0 saturated heterocycles. The number of nitrogens with zero attached hydrogens (tertiary/aromatic N) is 1. The van der Waals surface area contributed by atoms with Crippen molar-refractivity contribution in [2.45, 2.75) is 71.1 Å². The van der Waals surface area contributed by atoms with Gasteiger partial charge in [-0.25, -0.2) is 0 Å². The third-order valence-corrected chi connectivity index (χ3v) is 3.81. The second kappa shape index (κ2) is 17.9. The van der Waals surface area contributed by atoms with Crippen LogP contribution in [0, 0.1) is 0 Å². The maximum Gasteiger partial charge on any atom is 0.0593 e. The van der Waals surface area contributed by atoms with Crippen LogP contribution in [0.4, 0.5) is 0 Å². The van der Waals surface area contributed by atoms with E-state index in [0.29, 0.717) is 0 Å². The molecule has 0 aliphatic heterocycles. The van der Waals surface area contributed by atoms with Crippen molar-refractivity contribution in [3.05, 3.63) is 0 Å². The van der Waals surface area contributed by atoms with Crippen LogP contribution in [0.5, 0.6) is 0 Å². The summed E-state index contributed by atoms with van der Waals surface area (Å²) >= 11 is 0. The Morgan fingerprint density at radius 1 is 0.714 bits per heavy atom. The Kier molecular flexibility index (Phi) is 17.8. The van der Waals surface area contributed by atoms with Gasteiger partial charge in [-0.2, -0.15) is 0 Å². The molecule has 0 aliphatic carbocycles. The predicted octanol–water partition coefficient (Wildman–Crippen LogP) is 4.08. The van der Waals surface area contributed by atoms with E-state index in [0.717, 1.165) is 32.8 Å². The smallest absolute Gasteiger partial charge is 0.0593 e. The molecule has 0 rings (SSSR count). The first kappa shape index (κ1) is 20.9. The Balaban J connectivity index is 2.93. The minimum atomic E-state index is 0.839. The van der Waals surface area contributed by atoms with E-state index in [1.54, 1.807) is 0 Å². The van der Waals surface area contributed by atoms with Gasteiger partial charge < -0.3 is 15.0 Å². The topological polar surface area (TPSA) is 24.5 Å². The SMILES string of the molecule is CCCCCCCCCCCCNCCOCCN(C)C. The van der Waals surface area contributed by atoms with Gasteiger partial charge in [0, 0.05) is 13.1 Å². The van der Waals surface area contributed by atoms with Crippen molar-refractivity contribution in [3.8, 4) is 0 Å². The number of likely N-dealkylation sites (N-methyl/N-ethyl adjacent to an activating group) is 1. The van der Waals surface area contributed by atoms with Gasteiger partial charge in [-0.3, -0.25) is 0 Å². The van der Waals surface area contributed by atoms with Gasteiger partial charge >= 0.3 is 0 Å². The number of unbranched alkanes of at least 4 members (excludes halogenated alkanes) is 9. The van der Waals surface area contributed by atoms with Crippen LogP contribution >= 0.6 is 0 Å². The zero-order valence-electron chi connectivity index (χ0n) is 15.0. The maximum absolute atomic E-state index is 5.54. The Morgan fingerprint density at radius 3 is 1.86 bits per heavy atom. The molecule has 0 fully saturated rings. The average molecular weight is 301 g/mol. The molecular formula is C18H40N2O.